The highest BCUT2D eigenvalue weighted by Gasteiger charge is 2.14. The van der Waals surface area contributed by atoms with E-state index in [2.05, 4.69) is 10.2 Å². The lowest BCUT2D eigenvalue weighted by atomic mass is 10.2. The smallest absolute Gasteiger partial charge is 0.224 e. The number of methoxy groups -OCH3 is 1. The van der Waals surface area contributed by atoms with Crippen molar-refractivity contribution in [1.82, 2.24) is 0 Å². The topological polar surface area (TPSA) is 60.0 Å². The van der Waals surface area contributed by atoms with Gasteiger partial charge in [0.25, 0.3) is 0 Å². The molecule has 0 fully saturated rings. The van der Waals surface area contributed by atoms with Gasteiger partial charge in [-0.3, -0.25) is 4.79 Å². The van der Waals surface area contributed by atoms with Gasteiger partial charge in [-0.1, -0.05) is 6.92 Å². The predicted molar refractivity (Wildman–Crippen MR) is 97.1 cm³/mol. The van der Waals surface area contributed by atoms with Crippen molar-refractivity contribution in [2.45, 2.75) is 27.2 Å². The van der Waals surface area contributed by atoms with Crippen LogP contribution < -0.4 is 15.0 Å². The Morgan fingerprint density at radius 3 is 2.21 bits per heavy atom. The molecular weight excluding hydrogens is 308 g/mol. The van der Waals surface area contributed by atoms with Crippen molar-refractivity contribution in [2.24, 2.45) is 0 Å². The summed E-state index contributed by atoms with van der Waals surface area (Å²) in [7, 11) is 1.65. The molecule has 0 aliphatic heterocycles. The average Bonchev–Trinajstić information content (AvgIpc) is 2.60. The zero-order valence-electron chi connectivity index (χ0n) is 15.3. The lowest BCUT2D eigenvalue weighted by Gasteiger charge is -2.27. The maximum Gasteiger partial charge on any atom is 0.224 e. The fourth-order valence-electron chi connectivity index (χ4n) is 2.26. The van der Waals surface area contributed by atoms with Gasteiger partial charge in [-0.15, -0.1) is 0 Å². The first-order valence-electron chi connectivity index (χ1n) is 8.54. The van der Waals surface area contributed by atoms with E-state index in [0.29, 0.717) is 32.8 Å². The van der Waals surface area contributed by atoms with Crippen molar-refractivity contribution in [1.29, 1.82) is 0 Å². The number of hydrogen-bond acceptors (Lipinski definition) is 5. The van der Waals surface area contributed by atoms with E-state index in [1.54, 1.807) is 7.11 Å². The number of nitrogens with one attached hydrogen (secondary N) is 1. The molecule has 1 amide bonds. The molecule has 0 aliphatic carbocycles. The minimum Gasteiger partial charge on any atom is -0.495 e. The van der Waals surface area contributed by atoms with Gasteiger partial charge in [0.15, 0.2) is 0 Å². The molecule has 0 aliphatic rings. The second-order valence-electron chi connectivity index (χ2n) is 5.17. The lowest BCUT2D eigenvalue weighted by molar-refractivity contribution is -0.115. The van der Waals surface area contributed by atoms with Crippen molar-refractivity contribution in [2.75, 3.05) is 56.8 Å². The molecule has 6 heteroatoms. The first-order chi connectivity index (χ1) is 11.7. The van der Waals surface area contributed by atoms with Crippen LogP contribution in [-0.4, -0.2) is 52.5 Å². The first kappa shape index (κ1) is 20.3. The highest BCUT2D eigenvalue weighted by Crippen LogP contribution is 2.31. The number of carbonyl (C=O) groups excluding carboxylic acids is 1. The van der Waals surface area contributed by atoms with E-state index in [9.17, 15) is 4.79 Å². The van der Waals surface area contributed by atoms with Crippen LogP contribution in [0.2, 0.25) is 0 Å². The third-order valence-corrected chi connectivity index (χ3v) is 3.54. The van der Waals surface area contributed by atoms with E-state index in [0.717, 1.165) is 30.2 Å². The Morgan fingerprint density at radius 2 is 1.71 bits per heavy atom. The van der Waals surface area contributed by atoms with Gasteiger partial charge in [0, 0.05) is 38.4 Å². The Hall–Kier alpha value is -1.79. The Kier molecular flexibility index (Phi) is 9.88. The second-order valence-corrected chi connectivity index (χ2v) is 5.17. The largest absolute Gasteiger partial charge is 0.495 e. The maximum absolute atomic E-state index is 11.6. The van der Waals surface area contributed by atoms with Crippen LogP contribution in [0.1, 0.15) is 27.2 Å². The molecule has 0 spiro atoms. The van der Waals surface area contributed by atoms with Crippen LogP contribution in [0.25, 0.3) is 0 Å². The minimum absolute atomic E-state index is 0.0127. The summed E-state index contributed by atoms with van der Waals surface area (Å²) < 4.78 is 16.5. The molecule has 0 aromatic heterocycles. The molecule has 0 bridgehead atoms. The van der Waals surface area contributed by atoms with Crippen molar-refractivity contribution < 1.29 is 19.0 Å². The van der Waals surface area contributed by atoms with Gasteiger partial charge in [-0.25, -0.2) is 0 Å². The summed E-state index contributed by atoms with van der Waals surface area (Å²) in [5.41, 5.74) is 1.68. The molecular formula is C18H30N2O4. The van der Waals surface area contributed by atoms with Crippen LogP contribution in [-0.2, 0) is 14.3 Å². The SMILES string of the molecule is CCOCCN(CCOCC)c1cc(NC(=O)CC)ccc1OC. The molecule has 0 radical (unpaired) electrons. The van der Waals surface area contributed by atoms with E-state index in [4.69, 9.17) is 14.2 Å². The highest BCUT2D eigenvalue weighted by molar-refractivity contribution is 5.91. The molecule has 136 valence electrons. The van der Waals surface area contributed by atoms with Crippen LogP contribution in [0, 0.1) is 0 Å². The van der Waals surface area contributed by atoms with Gasteiger partial charge in [-0.05, 0) is 32.0 Å². The van der Waals surface area contributed by atoms with E-state index >= 15 is 0 Å². The molecule has 0 saturated carbocycles. The Labute approximate surface area is 145 Å². The number of rotatable bonds is 12. The van der Waals surface area contributed by atoms with Crippen molar-refractivity contribution in [3.63, 3.8) is 0 Å². The standard InChI is InChI=1S/C18H30N2O4/c1-5-18(21)19-15-8-9-17(22-4)16(14-15)20(10-12-23-6-2)11-13-24-7-3/h8-9,14H,5-7,10-13H2,1-4H3,(H,19,21). The Bertz CT molecular complexity index is 484. The fourth-order valence-corrected chi connectivity index (χ4v) is 2.26. The third-order valence-electron chi connectivity index (χ3n) is 3.54. The summed E-state index contributed by atoms with van der Waals surface area (Å²) in [6.07, 6.45) is 0.444. The quantitative estimate of drug-likeness (QED) is 0.594. The molecule has 24 heavy (non-hydrogen) atoms. The summed E-state index contributed by atoms with van der Waals surface area (Å²) in [5, 5.41) is 2.89. The molecule has 1 rings (SSSR count). The van der Waals surface area contributed by atoms with Crippen molar-refractivity contribution in [3.8, 4) is 5.75 Å². The molecule has 1 N–H and O–H groups in total. The van der Waals surface area contributed by atoms with E-state index in [-0.39, 0.29) is 5.91 Å². The molecule has 0 atom stereocenters. The summed E-state index contributed by atoms with van der Waals surface area (Å²) in [4.78, 5) is 13.8. The van der Waals surface area contributed by atoms with Gasteiger partial charge in [-0.2, -0.15) is 0 Å². The molecule has 1 aromatic rings. The summed E-state index contributed by atoms with van der Waals surface area (Å²) in [6, 6.07) is 5.65. The summed E-state index contributed by atoms with van der Waals surface area (Å²) in [5.74, 6) is 0.749. The van der Waals surface area contributed by atoms with E-state index in [1.165, 1.54) is 0 Å². The molecule has 0 saturated heterocycles. The number of carbonyl (C=O) groups is 1. The van der Waals surface area contributed by atoms with Gasteiger partial charge >= 0.3 is 0 Å². The number of ether oxygens (including phenoxy) is 3. The first-order valence-corrected chi connectivity index (χ1v) is 8.54. The molecule has 6 nitrogen and oxygen atoms in total. The Morgan fingerprint density at radius 1 is 1.08 bits per heavy atom. The highest BCUT2D eigenvalue weighted by atomic mass is 16.5. The van der Waals surface area contributed by atoms with Crippen LogP contribution in [0.3, 0.4) is 0 Å². The average molecular weight is 338 g/mol. The zero-order chi connectivity index (χ0) is 17.8. The normalized spacial score (nSPS) is 10.5. The monoisotopic (exact) mass is 338 g/mol. The third kappa shape index (κ3) is 6.76. The van der Waals surface area contributed by atoms with Crippen molar-refractivity contribution in [3.05, 3.63) is 18.2 Å². The van der Waals surface area contributed by atoms with Gasteiger partial charge in [0.2, 0.25) is 5.91 Å². The van der Waals surface area contributed by atoms with Crippen molar-refractivity contribution >= 4 is 17.3 Å². The van der Waals surface area contributed by atoms with E-state index < -0.39 is 0 Å². The van der Waals surface area contributed by atoms with Crippen LogP contribution in [0.5, 0.6) is 5.75 Å². The van der Waals surface area contributed by atoms with Gasteiger partial charge in [0.1, 0.15) is 5.75 Å². The molecule has 0 heterocycles. The number of nitrogens with zero attached hydrogens (tertiary/aromatic N) is 1. The fraction of sp³-hybridized carbons (Fsp3) is 0.611. The lowest BCUT2D eigenvalue weighted by Crippen LogP contribution is -2.31. The number of amides is 1. The molecule has 1 aromatic carbocycles. The summed E-state index contributed by atoms with van der Waals surface area (Å²) in [6.45, 7) is 9.85. The van der Waals surface area contributed by atoms with Gasteiger partial charge < -0.3 is 24.4 Å². The summed E-state index contributed by atoms with van der Waals surface area (Å²) >= 11 is 0. The molecule has 0 unspecified atom stereocenters. The predicted octanol–water partition coefficient (Wildman–Crippen LogP) is 2.92. The van der Waals surface area contributed by atoms with Crippen LogP contribution in [0.15, 0.2) is 18.2 Å². The van der Waals surface area contributed by atoms with Crippen LogP contribution >= 0.6 is 0 Å². The Balaban J connectivity index is 2.97. The number of hydrogen-bond donors (Lipinski definition) is 1. The number of anilines is 2. The van der Waals surface area contributed by atoms with Crippen LogP contribution in [0.4, 0.5) is 11.4 Å². The van der Waals surface area contributed by atoms with E-state index in [1.807, 2.05) is 39.0 Å². The minimum atomic E-state index is -0.0127. The number of benzene rings is 1. The second kappa shape index (κ2) is 11.7. The maximum atomic E-state index is 11.6. The zero-order valence-corrected chi connectivity index (χ0v) is 15.3. The van der Waals surface area contributed by atoms with Gasteiger partial charge in [0.05, 0.1) is 26.0 Å².